The molecule has 1 fully saturated rings. The lowest BCUT2D eigenvalue weighted by molar-refractivity contribution is -0.141. The second-order valence-electron chi connectivity index (χ2n) is 4.54. The van der Waals surface area contributed by atoms with Gasteiger partial charge in [-0.2, -0.15) is 0 Å². The third-order valence-corrected chi connectivity index (χ3v) is 3.11. The van der Waals surface area contributed by atoms with Crippen LogP contribution in [0.5, 0.6) is 0 Å². The van der Waals surface area contributed by atoms with Gasteiger partial charge in [0.1, 0.15) is 6.04 Å². The second-order valence-corrected chi connectivity index (χ2v) is 4.54. The highest BCUT2D eigenvalue weighted by Gasteiger charge is 2.31. The van der Waals surface area contributed by atoms with Gasteiger partial charge in [-0.15, -0.1) is 0 Å². The number of carbonyl (C=O) groups excluding carboxylic acids is 2. The summed E-state index contributed by atoms with van der Waals surface area (Å²) in [4.78, 5) is 36.5. The van der Waals surface area contributed by atoms with Crippen molar-refractivity contribution < 1.29 is 19.5 Å². The number of nitrogens with one attached hydrogen (secondary N) is 1. The number of carboxylic acid groups (broad SMARTS) is 1. The number of carbonyl (C=O) groups is 3. The van der Waals surface area contributed by atoms with Crippen molar-refractivity contribution >= 4 is 17.9 Å². The number of urea groups is 1. The first-order valence-corrected chi connectivity index (χ1v) is 5.84. The fourth-order valence-corrected chi connectivity index (χ4v) is 1.89. The second kappa shape index (κ2) is 5.70. The summed E-state index contributed by atoms with van der Waals surface area (Å²) in [6, 6.07) is -1.23. The van der Waals surface area contributed by atoms with Crippen LogP contribution >= 0.6 is 0 Å². The topological polar surface area (TPSA) is 90.0 Å². The molecule has 0 aliphatic carbocycles. The molecule has 1 aliphatic rings. The molecular formula is C11H19N3O4. The predicted molar refractivity (Wildman–Crippen MR) is 64.1 cm³/mol. The van der Waals surface area contributed by atoms with Gasteiger partial charge in [0, 0.05) is 33.1 Å². The number of amides is 3. The minimum atomic E-state index is -1.04. The number of aliphatic carboxylic acids is 1. The van der Waals surface area contributed by atoms with E-state index in [0.29, 0.717) is 19.5 Å². The molecule has 2 atom stereocenters. The Hall–Kier alpha value is -1.79. The third-order valence-electron chi connectivity index (χ3n) is 3.11. The molecule has 1 aliphatic heterocycles. The van der Waals surface area contributed by atoms with Crippen LogP contribution in [-0.4, -0.2) is 65.0 Å². The Balaban J connectivity index is 2.54. The van der Waals surface area contributed by atoms with Gasteiger partial charge in [0.25, 0.3) is 0 Å². The predicted octanol–water partition coefficient (Wildman–Crippen LogP) is -0.278. The van der Waals surface area contributed by atoms with E-state index in [1.54, 1.807) is 4.90 Å². The van der Waals surface area contributed by atoms with Crippen molar-refractivity contribution in [3.8, 4) is 0 Å². The minimum absolute atomic E-state index is 0.0417. The average Bonchev–Trinajstić information content (AvgIpc) is 2.73. The molecule has 0 aromatic rings. The van der Waals surface area contributed by atoms with E-state index in [1.165, 1.54) is 25.8 Å². The van der Waals surface area contributed by atoms with Crippen molar-refractivity contribution in [2.24, 2.45) is 0 Å². The van der Waals surface area contributed by atoms with Crippen LogP contribution in [-0.2, 0) is 9.59 Å². The number of rotatable bonds is 3. The summed E-state index contributed by atoms with van der Waals surface area (Å²) >= 11 is 0. The Bertz CT molecular complexity index is 358. The first kappa shape index (κ1) is 14.3. The standard InChI is InChI=1S/C11H19N3O4/c1-7(10(16)17)13(3)11(18)14-5-4-9(6-14)12-8(2)15/h7,9H,4-6H2,1-3H3,(H,12,15)(H,16,17). The van der Waals surface area contributed by atoms with E-state index in [0.717, 1.165) is 0 Å². The van der Waals surface area contributed by atoms with Gasteiger partial charge in [-0.05, 0) is 13.3 Å². The third kappa shape index (κ3) is 3.35. The summed E-state index contributed by atoms with van der Waals surface area (Å²) in [5.41, 5.74) is 0. The molecule has 0 aromatic heterocycles. The summed E-state index contributed by atoms with van der Waals surface area (Å²) in [6.07, 6.45) is 0.695. The summed E-state index contributed by atoms with van der Waals surface area (Å²) in [6.45, 7) is 3.85. The molecule has 18 heavy (non-hydrogen) atoms. The van der Waals surface area contributed by atoms with Crippen molar-refractivity contribution in [2.75, 3.05) is 20.1 Å². The Morgan fingerprint density at radius 1 is 1.44 bits per heavy atom. The van der Waals surface area contributed by atoms with Gasteiger partial charge >= 0.3 is 12.0 Å². The fraction of sp³-hybridized carbons (Fsp3) is 0.727. The van der Waals surface area contributed by atoms with Crippen LogP contribution in [0.3, 0.4) is 0 Å². The first-order chi connectivity index (χ1) is 8.32. The molecule has 0 spiro atoms. The van der Waals surface area contributed by atoms with E-state index in [4.69, 9.17) is 5.11 Å². The van der Waals surface area contributed by atoms with Crippen LogP contribution in [0.2, 0.25) is 0 Å². The van der Waals surface area contributed by atoms with Crippen LogP contribution in [0, 0.1) is 0 Å². The van der Waals surface area contributed by atoms with Crippen LogP contribution in [0.15, 0.2) is 0 Å². The number of carboxylic acids is 1. The lowest BCUT2D eigenvalue weighted by Gasteiger charge is -2.27. The number of likely N-dealkylation sites (tertiary alicyclic amines) is 1. The molecule has 0 radical (unpaired) electrons. The minimum Gasteiger partial charge on any atom is -0.480 e. The van der Waals surface area contributed by atoms with E-state index in [2.05, 4.69) is 5.32 Å². The summed E-state index contributed by atoms with van der Waals surface area (Å²) in [7, 11) is 1.47. The molecule has 2 unspecified atom stereocenters. The highest BCUT2D eigenvalue weighted by molar-refractivity contribution is 5.82. The maximum Gasteiger partial charge on any atom is 0.326 e. The maximum atomic E-state index is 12.0. The van der Waals surface area contributed by atoms with Gasteiger partial charge in [0.2, 0.25) is 5.91 Å². The van der Waals surface area contributed by atoms with Crippen LogP contribution in [0.1, 0.15) is 20.3 Å². The van der Waals surface area contributed by atoms with Gasteiger partial charge in [0.15, 0.2) is 0 Å². The van der Waals surface area contributed by atoms with Crippen molar-refractivity contribution in [3.63, 3.8) is 0 Å². The largest absolute Gasteiger partial charge is 0.480 e. The maximum absolute atomic E-state index is 12.0. The number of hydrogen-bond acceptors (Lipinski definition) is 3. The lowest BCUT2D eigenvalue weighted by Crippen LogP contribution is -2.48. The van der Waals surface area contributed by atoms with E-state index in [9.17, 15) is 14.4 Å². The molecule has 7 heteroatoms. The van der Waals surface area contributed by atoms with Gasteiger partial charge in [0.05, 0.1) is 0 Å². The zero-order valence-corrected chi connectivity index (χ0v) is 10.8. The Morgan fingerprint density at radius 2 is 2.06 bits per heavy atom. The highest BCUT2D eigenvalue weighted by atomic mass is 16.4. The zero-order valence-electron chi connectivity index (χ0n) is 10.8. The number of likely N-dealkylation sites (N-methyl/N-ethyl adjacent to an activating group) is 1. The molecule has 7 nitrogen and oxygen atoms in total. The number of hydrogen-bond donors (Lipinski definition) is 2. The van der Waals surface area contributed by atoms with Gasteiger partial charge in [-0.1, -0.05) is 0 Å². The smallest absolute Gasteiger partial charge is 0.326 e. The molecule has 0 aromatic carbocycles. The summed E-state index contributed by atoms with van der Waals surface area (Å²) in [5.74, 6) is -1.16. The normalized spacial score (nSPS) is 20.4. The first-order valence-electron chi connectivity index (χ1n) is 5.84. The molecule has 1 rings (SSSR count). The molecule has 102 valence electrons. The molecular weight excluding hydrogens is 238 g/mol. The molecule has 1 saturated heterocycles. The molecule has 0 bridgehead atoms. The van der Waals surface area contributed by atoms with Crippen LogP contribution in [0.4, 0.5) is 4.79 Å². The Labute approximate surface area is 106 Å². The monoisotopic (exact) mass is 257 g/mol. The quantitative estimate of drug-likeness (QED) is 0.727. The molecule has 3 amide bonds. The van der Waals surface area contributed by atoms with Gasteiger partial charge in [-0.25, -0.2) is 9.59 Å². The van der Waals surface area contributed by atoms with Crippen LogP contribution in [0.25, 0.3) is 0 Å². The van der Waals surface area contributed by atoms with Crippen molar-refractivity contribution in [2.45, 2.75) is 32.4 Å². The highest BCUT2D eigenvalue weighted by Crippen LogP contribution is 2.12. The van der Waals surface area contributed by atoms with Crippen molar-refractivity contribution in [3.05, 3.63) is 0 Å². The average molecular weight is 257 g/mol. The molecule has 1 heterocycles. The summed E-state index contributed by atoms with van der Waals surface area (Å²) < 4.78 is 0. The van der Waals surface area contributed by atoms with Crippen LogP contribution < -0.4 is 5.32 Å². The lowest BCUT2D eigenvalue weighted by atomic mass is 10.2. The SMILES string of the molecule is CC(=O)NC1CCN(C(=O)N(C)C(C)C(=O)O)C1. The van der Waals surface area contributed by atoms with E-state index >= 15 is 0 Å². The van der Waals surface area contributed by atoms with E-state index in [-0.39, 0.29) is 18.0 Å². The summed E-state index contributed by atoms with van der Waals surface area (Å²) in [5, 5.41) is 11.6. The fourth-order valence-electron chi connectivity index (χ4n) is 1.89. The van der Waals surface area contributed by atoms with E-state index < -0.39 is 12.0 Å². The van der Waals surface area contributed by atoms with Gasteiger partial charge < -0.3 is 20.2 Å². The molecule has 0 saturated carbocycles. The molecule has 2 N–H and O–H groups in total. The zero-order chi connectivity index (χ0) is 13.9. The van der Waals surface area contributed by atoms with Gasteiger partial charge in [-0.3, -0.25) is 4.79 Å². The number of nitrogens with zero attached hydrogens (tertiary/aromatic N) is 2. The Kier molecular flexibility index (Phi) is 4.52. The van der Waals surface area contributed by atoms with Crippen molar-refractivity contribution in [1.82, 2.24) is 15.1 Å². The Morgan fingerprint density at radius 3 is 2.56 bits per heavy atom. The van der Waals surface area contributed by atoms with E-state index in [1.807, 2.05) is 0 Å². The van der Waals surface area contributed by atoms with Crippen molar-refractivity contribution in [1.29, 1.82) is 0 Å².